The Morgan fingerprint density at radius 1 is 1.03 bits per heavy atom. The predicted molar refractivity (Wildman–Crippen MR) is 145 cm³/mol. The SMILES string of the molecule is Cc1cccc([C@H]2[C@@H](C(=O)c3cccc(O)c3)CN(CCN(C)S(C)(=O)=O)C[C@@H]2c2ccccc2O)c1F. The van der Waals surface area contributed by atoms with Crippen LogP contribution < -0.4 is 0 Å². The lowest BCUT2D eigenvalue weighted by Crippen LogP contribution is -2.49. The number of hydrogen-bond acceptors (Lipinski definition) is 6. The lowest BCUT2D eigenvalue weighted by Gasteiger charge is -2.44. The zero-order valence-corrected chi connectivity index (χ0v) is 22.5. The van der Waals surface area contributed by atoms with Gasteiger partial charge in [-0.1, -0.05) is 48.5 Å². The van der Waals surface area contributed by atoms with Crippen molar-refractivity contribution in [2.75, 3.05) is 39.5 Å². The summed E-state index contributed by atoms with van der Waals surface area (Å²) in [7, 11) is -1.90. The predicted octanol–water partition coefficient (Wildman–Crippen LogP) is 4.12. The number of halogens is 1. The summed E-state index contributed by atoms with van der Waals surface area (Å²) in [5.74, 6) is -2.44. The summed E-state index contributed by atoms with van der Waals surface area (Å²) >= 11 is 0. The molecular formula is C29H33FN2O5S. The highest BCUT2D eigenvalue weighted by molar-refractivity contribution is 7.88. The largest absolute Gasteiger partial charge is 0.508 e. The number of carbonyl (C=O) groups is 1. The van der Waals surface area contributed by atoms with E-state index in [9.17, 15) is 23.4 Å². The van der Waals surface area contributed by atoms with Crippen LogP contribution in [-0.4, -0.2) is 73.1 Å². The summed E-state index contributed by atoms with van der Waals surface area (Å²) in [4.78, 5) is 16.0. The van der Waals surface area contributed by atoms with Crippen LogP contribution in [0.5, 0.6) is 11.5 Å². The van der Waals surface area contributed by atoms with E-state index in [2.05, 4.69) is 0 Å². The van der Waals surface area contributed by atoms with Crippen molar-refractivity contribution >= 4 is 15.8 Å². The van der Waals surface area contributed by atoms with Crippen molar-refractivity contribution < 1.29 is 27.8 Å². The lowest BCUT2D eigenvalue weighted by atomic mass is 9.68. The van der Waals surface area contributed by atoms with Gasteiger partial charge in [0.25, 0.3) is 0 Å². The number of rotatable bonds is 8. The van der Waals surface area contributed by atoms with Crippen molar-refractivity contribution in [3.8, 4) is 11.5 Å². The molecule has 38 heavy (non-hydrogen) atoms. The molecule has 3 aromatic carbocycles. The van der Waals surface area contributed by atoms with Gasteiger partial charge in [0.15, 0.2) is 5.78 Å². The second kappa shape index (κ2) is 11.2. The molecule has 202 valence electrons. The Hall–Kier alpha value is -3.27. The van der Waals surface area contributed by atoms with Gasteiger partial charge in [-0.3, -0.25) is 4.79 Å². The first kappa shape index (κ1) is 27.8. The third kappa shape index (κ3) is 5.90. The summed E-state index contributed by atoms with van der Waals surface area (Å²) in [6.45, 7) is 2.88. The maximum Gasteiger partial charge on any atom is 0.210 e. The molecule has 0 aliphatic carbocycles. The van der Waals surface area contributed by atoms with Crippen molar-refractivity contribution in [2.45, 2.75) is 18.8 Å². The van der Waals surface area contributed by atoms with Gasteiger partial charge < -0.3 is 15.1 Å². The molecule has 2 N–H and O–H groups in total. The minimum absolute atomic E-state index is 0.0474. The van der Waals surface area contributed by atoms with Gasteiger partial charge in [-0.25, -0.2) is 17.1 Å². The van der Waals surface area contributed by atoms with Crippen molar-refractivity contribution in [2.24, 2.45) is 5.92 Å². The molecule has 0 radical (unpaired) electrons. The number of hydrogen-bond donors (Lipinski definition) is 2. The number of ketones is 1. The van der Waals surface area contributed by atoms with E-state index in [4.69, 9.17) is 0 Å². The highest BCUT2D eigenvalue weighted by Gasteiger charge is 2.44. The second-order valence-corrected chi connectivity index (χ2v) is 12.1. The Morgan fingerprint density at radius 2 is 1.71 bits per heavy atom. The zero-order chi connectivity index (χ0) is 27.6. The van der Waals surface area contributed by atoms with Crippen LogP contribution >= 0.6 is 0 Å². The third-order valence-electron chi connectivity index (χ3n) is 7.46. The van der Waals surface area contributed by atoms with Gasteiger partial charge in [-0.05, 0) is 41.8 Å². The van der Waals surface area contributed by atoms with Gasteiger partial charge in [0, 0.05) is 56.5 Å². The van der Waals surface area contributed by atoms with Crippen LogP contribution in [-0.2, 0) is 10.0 Å². The molecule has 0 amide bonds. The molecule has 1 saturated heterocycles. The number of Topliss-reactive ketones (excluding diaryl/α,β-unsaturated/α-hetero) is 1. The van der Waals surface area contributed by atoms with E-state index < -0.39 is 33.6 Å². The van der Waals surface area contributed by atoms with Gasteiger partial charge >= 0.3 is 0 Å². The third-order valence-corrected chi connectivity index (χ3v) is 8.77. The first-order valence-electron chi connectivity index (χ1n) is 12.5. The highest BCUT2D eigenvalue weighted by atomic mass is 32.2. The maximum atomic E-state index is 15.7. The summed E-state index contributed by atoms with van der Waals surface area (Å²) < 4.78 is 40.9. The molecule has 3 aromatic rings. The van der Waals surface area contributed by atoms with Gasteiger partial charge in [-0.2, -0.15) is 0 Å². The Balaban J connectivity index is 1.84. The Kier molecular flexibility index (Phi) is 8.20. The van der Waals surface area contributed by atoms with Crippen molar-refractivity contribution in [3.05, 3.63) is 94.8 Å². The van der Waals surface area contributed by atoms with Gasteiger partial charge in [-0.15, -0.1) is 0 Å². The minimum Gasteiger partial charge on any atom is -0.508 e. The van der Waals surface area contributed by atoms with E-state index in [-0.39, 0.29) is 30.4 Å². The Morgan fingerprint density at radius 3 is 2.39 bits per heavy atom. The molecule has 1 heterocycles. The summed E-state index contributed by atoms with van der Waals surface area (Å²) in [5.41, 5.74) is 1.75. The number of likely N-dealkylation sites (tertiary alicyclic amines) is 1. The topological polar surface area (TPSA) is 98.2 Å². The van der Waals surface area contributed by atoms with E-state index in [0.717, 1.165) is 6.26 Å². The fraction of sp³-hybridized carbons (Fsp3) is 0.345. The van der Waals surface area contributed by atoms with Gasteiger partial charge in [0.2, 0.25) is 10.0 Å². The number of para-hydroxylation sites is 1. The van der Waals surface area contributed by atoms with Crippen LogP contribution in [0.4, 0.5) is 4.39 Å². The average Bonchev–Trinajstić information content (AvgIpc) is 2.88. The van der Waals surface area contributed by atoms with Crippen LogP contribution in [0.15, 0.2) is 66.7 Å². The van der Waals surface area contributed by atoms with Crippen LogP contribution in [0.1, 0.15) is 38.9 Å². The molecule has 7 nitrogen and oxygen atoms in total. The molecule has 0 aromatic heterocycles. The number of carbonyl (C=O) groups excluding carboxylic acids is 1. The van der Waals surface area contributed by atoms with Crippen molar-refractivity contribution in [3.63, 3.8) is 0 Å². The number of phenolic OH excluding ortho intramolecular Hbond substituents is 2. The second-order valence-electron chi connectivity index (χ2n) is 10.0. The van der Waals surface area contributed by atoms with Crippen LogP contribution in [0.25, 0.3) is 0 Å². The standard InChI is InChI=1S/C29H33FN2O5S/c1-19-8-6-12-23(28(19)30)27-24(22-11-4-5-13-26(22)34)17-32(15-14-31(2)38(3,36)37)18-25(27)29(35)20-9-7-10-21(33)16-20/h4-13,16,24-25,27,33-34H,14-15,17-18H2,1-3H3/t24-,25+,27-/m1/s1. The molecule has 0 saturated carbocycles. The fourth-order valence-electron chi connectivity index (χ4n) is 5.34. The quantitative estimate of drug-likeness (QED) is 0.417. The summed E-state index contributed by atoms with van der Waals surface area (Å²) in [5, 5.41) is 20.9. The molecule has 1 aliphatic rings. The van der Waals surface area contributed by atoms with E-state index in [1.807, 2.05) is 4.90 Å². The molecule has 3 atom stereocenters. The molecule has 0 bridgehead atoms. The molecule has 9 heteroatoms. The number of benzene rings is 3. The first-order valence-corrected chi connectivity index (χ1v) is 14.3. The number of phenols is 2. The van der Waals surface area contributed by atoms with Crippen LogP contribution in [0.3, 0.4) is 0 Å². The average molecular weight is 541 g/mol. The molecule has 0 unspecified atom stereocenters. The summed E-state index contributed by atoms with van der Waals surface area (Å²) in [6, 6.07) is 18.1. The number of nitrogens with zero attached hydrogens (tertiary/aromatic N) is 2. The normalized spacial score (nSPS) is 20.5. The molecule has 1 aliphatic heterocycles. The van der Waals surface area contributed by atoms with Crippen molar-refractivity contribution in [1.29, 1.82) is 0 Å². The van der Waals surface area contributed by atoms with Crippen LogP contribution in [0.2, 0.25) is 0 Å². The molecule has 4 rings (SSSR count). The number of aromatic hydroxyl groups is 2. The number of piperidine rings is 1. The van der Waals surface area contributed by atoms with E-state index >= 15 is 4.39 Å². The Labute approximate surface area is 223 Å². The van der Waals surface area contributed by atoms with Crippen molar-refractivity contribution in [1.82, 2.24) is 9.21 Å². The van der Waals surface area contributed by atoms with Gasteiger partial charge in [0.05, 0.1) is 6.26 Å². The zero-order valence-electron chi connectivity index (χ0n) is 21.7. The maximum absolute atomic E-state index is 15.7. The van der Waals surface area contributed by atoms with E-state index in [1.165, 1.54) is 23.5 Å². The summed E-state index contributed by atoms with van der Waals surface area (Å²) in [6.07, 6.45) is 1.14. The van der Waals surface area contributed by atoms with E-state index in [0.29, 0.717) is 35.3 Å². The van der Waals surface area contributed by atoms with E-state index in [1.54, 1.807) is 61.5 Å². The smallest absolute Gasteiger partial charge is 0.210 e. The number of aryl methyl sites for hydroxylation is 1. The number of sulfonamides is 1. The molecule has 1 fully saturated rings. The molecule has 0 spiro atoms. The first-order chi connectivity index (χ1) is 18.0. The molecular weight excluding hydrogens is 507 g/mol. The van der Waals surface area contributed by atoms with Gasteiger partial charge in [0.1, 0.15) is 17.3 Å². The minimum atomic E-state index is -3.40. The van der Waals surface area contributed by atoms with Crippen LogP contribution in [0, 0.1) is 18.7 Å². The Bertz CT molecular complexity index is 1430. The number of likely N-dealkylation sites (N-methyl/N-ethyl adjacent to an activating group) is 1. The monoisotopic (exact) mass is 540 g/mol. The highest BCUT2D eigenvalue weighted by Crippen LogP contribution is 2.47. The lowest BCUT2D eigenvalue weighted by molar-refractivity contribution is 0.0728. The fourth-order valence-corrected chi connectivity index (χ4v) is 5.76.